The molecule has 1 atom stereocenters. The average Bonchev–Trinajstić information content (AvgIpc) is 2.73. The van der Waals surface area contributed by atoms with Gasteiger partial charge in [0.05, 0.1) is 18.3 Å². The minimum Gasteiger partial charge on any atom is -0.376 e. The van der Waals surface area contributed by atoms with Gasteiger partial charge in [-0.05, 0) is 38.2 Å². The van der Waals surface area contributed by atoms with E-state index in [1.807, 2.05) is 0 Å². The molecule has 16 heavy (non-hydrogen) atoms. The van der Waals surface area contributed by atoms with Crippen molar-refractivity contribution < 1.29 is 4.74 Å². The molecule has 1 aliphatic rings. The summed E-state index contributed by atoms with van der Waals surface area (Å²) in [5, 5.41) is 4.63. The van der Waals surface area contributed by atoms with E-state index in [4.69, 9.17) is 4.74 Å². The van der Waals surface area contributed by atoms with Gasteiger partial charge in [-0.1, -0.05) is 13.8 Å². The first kappa shape index (κ1) is 11.6. The first-order valence-electron chi connectivity index (χ1n) is 6.50. The van der Waals surface area contributed by atoms with Gasteiger partial charge in [0.2, 0.25) is 0 Å². The van der Waals surface area contributed by atoms with Crippen LogP contribution in [0.4, 0.5) is 0 Å². The van der Waals surface area contributed by atoms with Gasteiger partial charge < -0.3 is 4.74 Å². The van der Waals surface area contributed by atoms with E-state index >= 15 is 0 Å². The lowest BCUT2D eigenvalue weighted by Crippen LogP contribution is -2.25. The zero-order chi connectivity index (χ0) is 11.4. The fourth-order valence-electron chi connectivity index (χ4n) is 2.27. The summed E-state index contributed by atoms with van der Waals surface area (Å²) in [6.07, 6.45) is 6.16. The Bertz CT molecular complexity index is 327. The Morgan fingerprint density at radius 1 is 1.38 bits per heavy atom. The maximum atomic E-state index is 5.76. The smallest absolute Gasteiger partial charge is 0.0771 e. The van der Waals surface area contributed by atoms with Crippen LogP contribution in [0.25, 0.3) is 0 Å². The third kappa shape index (κ3) is 2.64. The minimum absolute atomic E-state index is 0.378. The van der Waals surface area contributed by atoms with E-state index in [-0.39, 0.29) is 0 Å². The maximum absolute atomic E-state index is 5.76. The zero-order valence-electron chi connectivity index (χ0n) is 10.4. The molecule has 0 amide bonds. The van der Waals surface area contributed by atoms with Crippen molar-refractivity contribution in [3.63, 3.8) is 0 Å². The summed E-state index contributed by atoms with van der Waals surface area (Å²) in [4.78, 5) is 0. The molecule has 2 heterocycles. The molecule has 90 valence electrons. The molecule has 0 spiro atoms. The molecule has 1 aliphatic heterocycles. The predicted octanol–water partition coefficient (Wildman–Crippen LogP) is 2.58. The number of hydrogen-bond donors (Lipinski definition) is 0. The monoisotopic (exact) mass is 222 g/mol. The molecule has 0 N–H and O–H groups in total. The Kier molecular flexibility index (Phi) is 3.99. The fourth-order valence-corrected chi connectivity index (χ4v) is 2.27. The third-order valence-electron chi connectivity index (χ3n) is 3.29. The van der Waals surface area contributed by atoms with Crippen molar-refractivity contribution in [1.29, 1.82) is 0 Å². The third-order valence-corrected chi connectivity index (χ3v) is 3.29. The van der Waals surface area contributed by atoms with E-state index in [1.54, 1.807) is 0 Å². The number of rotatable bonds is 4. The lowest BCUT2D eigenvalue weighted by atomic mass is 10.1. The van der Waals surface area contributed by atoms with Crippen LogP contribution in [0, 0.1) is 0 Å². The van der Waals surface area contributed by atoms with Crippen LogP contribution in [0.1, 0.15) is 44.5 Å². The molecule has 1 fully saturated rings. The topological polar surface area (TPSA) is 27.1 Å². The van der Waals surface area contributed by atoms with Gasteiger partial charge in [0.15, 0.2) is 0 Å². The van der Waals surface area contributed by atoms with E-state index in [0.717, 1.165) is 26.0 Å². The first-order valence-corrected chi connectivity index (χ1v) is 6.50. The molecule has 3 heteroatoms. The van der Waals surface area contributed by atoms with Crippen molar-refractivity contribution in [2.75, 3.05) is 6.61 Å². The molecule has 0 aromatic carbocycles. The molecule has 1 saturated heterocycles. The summed E-state index contributed by atoms with van der Waals surface area (Å²) in [5.74, 6) is 0. The molecule has 1 unspecified atom stereocenters. The quantitative estimate of drug-likeness (QED) is 0.783. The van der Waals surface area contributed by atoms with Gasteiger partial charge in [-0.2, -0.15) is 5.10 Å². The van der Waals surface area contributed by atoms with Gasteiger partial charge in [-0.3, -0.25) is 4.68 Å². The molecule has 0 bridgehead atoms. The van der Waals surface area contributed by atoms with Crippen molar-refractivity contribution >= 4 is 0 Å². The molecule has 3 nitrogen and oxygen atoms in total. The summed E-state index contributed by atoms with van der Waals surface area (Å²) < 4.78 is 7.91. The highest BCUT2D eigenvalue weighted by molar-refractivity contribution is 5.10. The van der Waals surface area contributed by atoms with E-state index in [1.165, 1.54) is 30.7 Å². The molecular formula is C13H22N2O. The highest BCUT2D eigenvalue weighted by Gasteiger charge is 2.16. The van der Waals surface area contributed by atoms with Crippen molar-refractivity contribution in [3.8, 4) is 0 Å². The Labute approximate surface area is 97.8 Å². The van der Waals surface area contributed by atoms with Crippen LogP contribution in [-0.2, 0) is 24.1 Å². The van der Waals surface area contributed by atoms with Gasteiger partial charge in [-0.25, -0.2) is 0 Å². The second-order valence-corrected chi connectivity index (χ2v) is 4.50. The summed E-state index contributed by atoms with van der Waals surface area (Å²) in [6.45, 7) is 6.20. The maximum Gasteiger partial charge on any atom is 0.0771 e. The van der Waals surface area contributed by atoms with E-state index in [2.05, 4.69) is 29.7 Å². The predicted molar refractivity (Wildman–Crippen MR) is 64.6 cm³/mol. The Hall–Kier alpha value is -0.830. The number of ether oxygens (including phenoxy) is 1. The highest BCUT2D eigenvalue weighted by Crippen LogP contribution is 2.16. The van der Waals surface area contributed by atoms with Gasteiger partial charge in [0.25, 0.3) is 0 Å². The normalized spacial score (nSPS) is 21.2. The standard InChI is InChI=1S/C13H22N2O/c1-3-11-9-12(4-2)15(14-11)10-13-7-5-6-8-16-13/h9,13H,3-8,10H2,1-2H3. The molecule has 1 aromatic heterocycles. The van der Waals surface area contributed by atoms with Crippen LogP contribution in [0.5, 0.6) is 0 Å². The van der Waals surface area contributed by atoms with Crippen LogP contribution in [0.2, 0.25) is 0 Å². The summed E-state index contributed by atoms with van der Waals surface area (Å²) >= 11 is 0. The SMILES string of the molecule is CCc1cc(CC)n(CC2CCCCO2)n1. The highest BCUT2D eigenvalue weighted by atomic mass is 16.5. The summed E-state index contributed by atoms with van der Waals surface area (Å²) in [6, 6.07) is 2.23. The van der Waals surface area contributed by atoms with Crippen LogP contribution >= 0.6 is 0 Å². The number of aryl methyl sites for hydroxylation is 2. The second-order valence-electron chi connectivity index (χ2n) is 4.50. The van der Waals surface area contributed by atoms with Crippen molar-refractivity contribution in [2.24, 2.45) is 0 Å². The first-order chi connectivity index (χ1) is 7.83. The Morgan fingerprint density at radius 2 is 2.25 bits per heavy atom. The molecule has 0 radical (unpaired) electrons. The van der Waals surface area contributed by atoms with E-state index < -0.39 is 0 Å². The van der Waals surface area contributed by atoms with Gasteiger partial charge >= 0.3 is 0 Å². The van der Waals surface area contributed by atoms with Crippen LogP contribution in [-0.4, -0.2) is 22.5 Å². The lowest BCUT2D eigenvalue weighted by molar-refractivity contribution is 0.00349. The number of aromatic nitrogens is 2. The number of nitrogens with zero attached hydrogens (tertiary/aromatic N) is 2. The van der Waals surface area contributed by atoms with Crippen molar-refractivity contribution in [2.45, 2.75) is 58.6 Å². The lowest BCUT2D eigenvalue weighted by Gasteiger charge is -2.23. The van der Waals surface area contributed by atoms with Crippen LogP contribution < -0.4 is 0 Å². The van der Waals surface area contributed by atoms with Crippen molar-refractivity contribution in [1.82, 2.24) is 9.78 Å². The van der Waals surface area contributed by atoms with Crippen LogP contribution in [0.3, 0.4) is 0 Å². The van der Waals surface area contributed by atoms with Gasteiger partial charge in [0, 0.05) is 12.3 Å². The number of hydrogen-bond acceptors (Lipinski definition) is 2. The Balaban J connectivity index is 2.03. The van der Waals surface area contributed by atoms with E-state index in [0.29, 0.717) is 6.10 Å². The van der Waals surface area contributed by atoms with Crippen LogP contribution in [0.15, 0.2) is 6.07 Å². The summed E-state index contributed by atoms with van der Waals surface area (Å²) in [5.41, 5.74) is 2.54. The largest absolute Gasteiger partial charge is 0.376 e. The molecule has 0 aliphatic carbocycles. The Morgan fingerprint density at radius 3 is 2.88 bits per heavy atom. The molecule has 1 aromatic rings. The molecule has 2 rings (SSSR count). The van der Waals surface area contributed by atoms with Crippen molar-refractivity contribution in [3.05, 3.63) is 17.5 Å². The average molecular weight is 222 g/mol. The van der Waals surface area contributed by atoms with Gasteiger partial charge in [0.1, 0.15) is 0 Å². The molecular weight excluding hydrogens is 200 g/mol. The second kappa shape index (κ2) is 5.48. The minimum atomic E-state index is 0.378. The zero-order valence-corrected chi connectivity index (χ0v) is 10.4. The van der Waals surface area contributed by atoms with E-state index in [9.17, 15) is 0 Å². The fraction of sp³-hybridized carbons (Fsp3) is 0.769. The summed E-state index contributed by atoms with van der Waals surface area (Å²) in [7, 11) is 0. The molecule has 0 saturated carbocycles. The van der Waals surface area contributed by atoms with Gasteiger partial charge in [-0.15, -0.1) is 0 Å².